The number of nitrogens with one attached hydrogen (secondary N) is 1. The Balaban J connectivity index is 1.94. The van der Waals surface area contributed by atoms with Gasteiger partial charge in [-0.25, -0.2) is 4.98 Å². The number of nitrogens with zero attached hydrogens (tertiary/aromatic N) is 1. The van der Waals surface area contributed by atoms with Gasteiger partial charge in [-0.05, 0) is 37.1 Å². The molecule has 0 aliphatic carbocycles. The molecule has 1 N–H and O–H groups in total. The number of fused-ring (bicyclic) bond motifs is 1. The van der Waals surface area contributed by atoms with Gasteiger partial charge in [-0.1, -0.05) is 26.3 Å². The van der Waals surface area contributed by atoms with Crippen LogP contribution < -0.4 is 5.32 Å². The molecule has 1 atom stereocenters. The van der Waals surface area contributed by atoms with Crippen molar-refractivity contribution in [3.63, 3.8) is 0 Å². The molecule has 0 spiro atoms. The lowest BCUT2D eigenvalue weighted by molar-refractivity contribution is 0.412. The van der Waals surface area contributed by atoms with Crippen LogP contribution in [-0.4, -0.2) is 11.5 Å². The Morgan fingerprint density at radius 3 is 2.94 bits per heavy atom. The first-order valence-corrected chi connectivity index (χ1v) is 6.88. The average Bonchev–Trinajstić information content (AvgIpc) is 2.82. The standard InChI is InChI=1S/C15H20N2O/c1-10(2)15-17-13-9-11(6-7-14(13)18-15)12-5-3-4-8-16-12/h6-7,9-10,12,16H,3-5,8H2,1-2H3. The minimum Gasteiger partial charge on any atom is -0.440 e. The summed E-state index contributed by atoms with van der Waals surface area (Å²) in [6, 6.07) is 6.89. The monoisotopic (exact) mass is 244 g/mol. The van der Waals surface area contributed by atoms with E-state index in [2.05, 4.69) is 42.3 Å². The van der Waals surface area contributed by atoms with Gasteiger partial charge in [0.1, 0.15) is 5.52 Å². The maximum absolute atomic E-state index is 5.74. The summed E-state index contributed by atoms with van der Waals surface area (Å²) in [4.78, 5) is 4.57. The second kappa shape index (κ2) is 4.73. The molecule has 0 bridgehead atoms. The molecular weight excluding hydrogens is 224 g/mol. The molecule has 3 rings (SSSR count). The van der Waals surface area contributed by atoms with E-state index in [0.29, 0.717) is 12.0 Å². The molecule has 0 radical (unpaired) electrons. The van der Waals surface area contributed by atoms with Crippen molar-refractivity contribution in [1.82, 2.24) is 10.3 Å². The van der Waals surface area contributed by atoms with Crippen molar-refractivity contribution in [3.05, 3.63) is 29.7 Å². The summed E-state index contributed by atoms with van der Waals surface area (Å²) < 4.78 is 5.74. The Bertz CT molecular complexity index is 538. The summed E-state index contributed by atoms with van der Waals surface area (Å²) in [5.41, 5.74) is 3.23. The summed E-state index contributed by atoms with van der Waals surface area (Å²) >= 11 is 0. The fourth-order valence-electron chi connectivity index (χ4n) is 2.56. The molecule has 1 aliphatic heterocycles. The highest BCUT2D eigenvalue weighted by Crippen LogP contribution is 2.27. The van der Waals surface area contributed by atoms with E-state index in [1.807, 2.05) is 0 Å². The van der Waals surface area contributed by atoms with E-state index >= 15 is 0 Å². The second-order valence-electron chi connectivity index (χ2n) is 5.44. The Hall–Kier alpha value is -1.35. The van der Waals surface area contributed by atoms with Crippen LogP contribution in [0.2, 0.25) is 0 Å². The first-order valence-electron chi connectivity index (χ1n) is 6.88. The third-order valence-corrected chi connectivity index (χ3v) is 3.63. The van der Waals surface area contributed by atoms with Crippen LogP contribution in [0.25, 0.3) is 11.1 Å². The van der Waals surface area contributed by atoms with Crippen LogP contribution in [-0.2, 0) is 0 Å². The molecule has 2 heterocycles. The minimum absolute atomic E-state index is 0.341. The highest BCUT2D eigenvalue weighted by Gasteiger charge is 2.16. The molecule has 2 aromatic rings. The van der Waals surface area contributed by atoms with Crippen LogP contribution in [0.1, 0.15) is 56.5 Å². The van der Waals surface area contributed by atoms with E-state index in [1.165, 1.54) is 24.8 Å². The van der Waals surface area contributed by atoms with E-state index < -0.39 is 0 Å². The molecule has 96 valence electrons. The van der Waals surface area contributed by atoms with Crippen LogP contribution in [0.5, 0.6) is 0 Å². The third kappa shape index (κ3) is 2.15. The van der Waals surface area contributed by atoms with Gasteiger partial charge in [0, 0.05) is 12.0 Å². The molecular formula is C15H20N2O. The summed E-state index contributed by atoms with van der Waals surface area (Å²) in [6.07, 6.45) is 3.83. The van der Waals surface area contributed by atoms with E-state index in [4.69, 9.17) is 4.42 Å². The van der Waals surface area contributed by atoms with Crippen LogP contribution in [0.4, 0.5) is 0 Å². The number of hydrogen-bond acceptors (Lipinski definition) is 3. The molecule has 1 saturated heterocycles. The molecule has 1 unspecified atom stereocenters. The smallest absolute Gasteiger partial charge is 0.198 e. The second-order valence-corrected chi connectivity index (χ2v) is 5.44. The van der Waals surface area contributed by atoms with Crippen LogP contribution in [0, 0.1) is 0 Å². The number of oxazole rings is 1. The van der Waals surface area contributed by atoms with Crippen LogP contribution >= 0.6 is 0 Å². The molecule has 3 heteroatoms. The van der Waals surface area contributed by atoms with Crippen molar-refractivity contribution in [1.29, 1.82) is 0 Å². The SMILES string of the molecule is CC(C)c1nc2cc(C3CCCCN3)ccc2o1. The van der Waals surface area contributed by atoms with Gasteiger partial charge in [0.05, 0.1) is 0 Å². The zero-order valence-electron chi connectivity index (χ0n) is 11.1. The Morgan fingerprint density at radius 1 is 1.33 bits per heavy atom. The topological polar surface area (TPSA) is 38.1 Å². The van der Waals surface area contributed by atoms with Crippen molar-refractivity contribution in [2.24, 2.45) is 0 Å². The molecule has 18 heavy (non-hydrogen) atoms. The van der Waals surface area contributed by atoms with Gasteiger partial charge in [-0.2, -0.15) is 0 Å². The van der Waals surface area contributed by atoms with Crippen molar-refractivity contribution in [2.45, 2.75) is 45.1 Å². The lowest BCUT2D eigenvalue weighted by Gasteiger charge is -2.23. The molecule has 1 aliphatic rings. The van der Waals surface area contributed by atoms with Gasteiger partial charge >= 0.3 is 0 Å². The molecule has 1 aromatic carbocycles. The van der Waals surface area contributed by atoms with Crippen LogP contribution in [0.3, 0.4) is 0 Å². The first-order chi connectivity index (χ1) is 8.74. The van der Waals surface area contributed by atoms with Crippen molar-refractivity contribution in [3.8, 4) is 0 Å². The molecule has 0 saturated carbocycles. The summed E-state index contributed by atoms with van der Waals surface area (Å²) in [5, 5.41) is 3.57. The number of rotatable bonds is 2. The van der Waals surface area contributed by atoms with Gasteiger partial charge in [-0.15, -0.1) is 0 Å². The maximum Gasteiger partial charge on any atom is 0.198 e. The zero-order valence-corrected chi connectivity index (χ0v) is 11.1. The minimum atomic E-state index is 0.341. The zero-order chi connectivity index (χ0) is 12.5. The predicted molar refractivity (Wildman–Crippen MR) is 72.7 cm³/mol. The molecule has 1 fully saturated rings. The van der Waals surface area contributed by atoms with Gasteiger partial charge in [0.2, 0.25) is 0 Å². The quantitative estimate of drug-likeness (QED) is 0.874. The van der Waals surface area contributed by atoms with Crippen molar-refractivity contribution >= 4 is 11.1 Å². The largest absolute Gasteiger partial charge is 0.440 e. The van der Waals surface area contributed by atoms with E-state index in [0.717, 1.165) is 23.5 Å². The highest BCUT2D eigenvalue weighted by molar-refractivity contribution is 5.73. The Labute approximate surface area is 108 Å². The van der Waals surface area contributed by atoms with Gasteiger partial charge in [0.15, 0.2) is 11.5 Å². The van der Waals surface area contributed by atoms with Gasteiger partial charge < -0.3 is 9.73 Å². The lowest BCUT2D eigenvalue weighted by Crippen LogP contribution is -2.26. The maximum atomic E-state index is 5.74. The molecule has 1 aromatic heterocycles. The highest BCUT2D eigenvalue weighted by atomic mass is 16.3. The lowest BCUT2D eigenvalue weighted by atomic mass is 9.97. The summed E-state index contributed by atoms with van der Waals surface area (Å²) in [5.74, 6) is 1.17. The number of aromatic nitrogens is 1. The van der Waals surface area contributed by atoms with E-state index in [9.17, 15) is 0 Å². The van der Waals surface area contributed by atoms with E-state index in [-0.39, 0.29) is 0 Å². The Morgan fingerprint density at radius 2 is 2.22 bits per heavy atom. The normalized spacial score (nSPS) is 20.7. The number of hydrogen-bond donors (Lipinski definition) is 1. The molecule has 0 amide bonds. The first kappa shape index (κ1) is 11.7. The average molecular weight is 244 g/mol. The van der Waals surface area contributed by atoms with Crippen LogP contribution in [0.15, 0.2) is 22.6 Å². The number of benzene rings is 1. The number of piperidine rings is 1. The fourth-order valence-corrected chi connectivity index (χ4v) is 2.56. The van der Waals surface area contributed by atoms with Gasteiger partial charge in [0.25, 0.3) is 0 Å². The predicted octanol–water partition coefficient (Wildman–Crippen LogP) is 3.77. The van der Waals surface area contributed by atoms with Gasteiger partial charge in [-0.3, -0.25) is 0 Å². The molecule has 3 nitrogen and oxygen atoms in total. The summed E-state index contributed by atoms with van der Waals surface area (Å²) in [6.45, 7) is 5.33. The third-order valence-electron chi connectivity index (χ3n) is 3.63. The fraction of sp³-hybridized carbons (Fsp3) is 0.533. The Kier molecular flexibility index (Phi) is 3.08. The van der Waals surface area contributed by atoms with E-state index in [1.54, 1.807) is 0 Å². The van der Waals surface area contributed by atoms with Crippen molar-refractivity contribution in [2.75, 3.05) is 6.54 Å². The van der Waals surface area contributed by atoms with Crippen molar-refractivity contribution < 1.29 is 4.42 Å². The summed E-state index contributed by atoms with van der Waals surface area (Å²) in [7, 11) is 0.